The zero-order valence-electron chi connectivity index (χ0n) is 13.8. The highest BCUT2D eigenvalue weighted by atomic mass is 16.5. The molecule has 3 atom stereocenters. The summed E-state index contributed by atoms with van der Waals surface area (Å²) in [5.41, 5.74) is 1.12. The molecule has 124 valence electrons. The minimum absolute atomic E-state index is 0.247. The molecule has 1 N–H and O–H groups in total. The van der Waals surface area contributed by atoms with Gasteiger partial charge in [0, 0.05) is 19.5 Å². The van der Waals surface area contributed by atoms with E-state index in [1.54, 1.807) is 0 Å². The summed E-state index contributed by atoms with van der Waals surface area (Å²) in [5.74, 6) is 3.31. The van der Waals surface area contributed by atoms with Gasteiger partial charge in [-0.1, -0.05) is 30.3 Å². The molecule has 1 unspecified atom stereocenters. The molecule has 1 saturated heterocycles. The van der Waals surface area contributed by atoms with Crippen LogP contribution in [0.1, 0.15) is 5.56 Å². The number of rotatable bonds is 5. The van der Waals surface area contributed by atoms with Crippen molar-refractivity contribution in [2.75, 3.05) is 20.1 Å². The quantitative estimate of drug-likeness (QED) is 0.920. The molecular formula is C20H22N2O2. The maximum absolute atomic E-state index is 12.5. The van der Waals surface area contributed by atoms with Crippen LogP contribution in [0.25, 0.3) is 0 Å². The van der Waals surface area contributed by atoms with Crippen molar-refractivity contribution in [2.45, 2.75) is 6.54 Å². The molecule has 1 aliphatic carbocycles. The summed E-state index contributed by atoms with van der Waals surface area (Å²) < 4.78 is 5.80. The Morgan fingerprint density at radius 3 is 2.33 bits per heavy atom. The van der Waals surface area contributed by atoms with Crippen molar-refractivity contribution in [2.24, 2.45) is 17.8 Å². The molecule has 0 spiro atoms. The number of nitrogens with one attached hydrogen (secondary N) is 1. The van der Waals surface area contributed by atoms with Crippen LogP contribution in [0.15, 0.2) is 54.6 Å². The van der Waals surface area contributed by atoms with Crippen LogP contribution >= 0.6 is 0 Å². The molecule has 1 heterocycles. The van der Waals surface area contributed by atoms with Crippen LogP contribution in [0, 0.1) is 17.8 Å². The SMILES string of the molecule is CN(Cc1ccc(Oc2ccccc2)cc1)C(=O)C1[C@H]2CNC[C@@H]12. The Balaban J connectivity index is 1.34. The number of para-hydroxylation sites is 1. The zero-order chi connectivity index (χ0) is 16.5. The molecule has 2 aromatic rings. The second kappa shape index (κ2) is 6.29. The van der Waals surface area contributed by atoms with Crippen LogP contribution < -0.4 is 10.1 Å². The maximum Gasteiger partial charge on any atom is 0.226 e. The zero-order valence-corrected chi connectivity index (χ0v) is 13.8. The van der Waals surface area contributed by atoms with E-state index in [0.29, 0.717) is 18.4 Å². The van der Waals surface area contributed by atoms with Gasteiger partial charge in [-0.2, -0.15) is 0 Å². The number of amides is 1. The van der Waals surface area contributed by atoms with Crippen LogP contribution in [0.3, 0.4) is 0 Å². The van der Waals surface area contributed by atoms with Crippen LogP contribution in [-0.4, -0.2) is 30.9 Å². The number of carbonyl (C=O) groups excluding carboxylic acids is 1. The third-order valence-corrected chi connectivity index (χ3v) is 5.08. The highest BCUT2D eigenvalue weighted by molar-refractivity contribution is 5.82. The molecule has 1 saturated carbocycles. The predicted octanol–water partition coefficient (Wildman–Crippen LogP) is 2.90. The number of piperidine rings is 1. The Bertz CT molecular complexity index is 704. The van der Waals surface area contributed by atoms with E-state index in [1.807, 2.05) is 66.5 Å². The molecule has 24 heavy (non-hydrogen) atoms. The highest BCUT2D eigenvalue weighted by Crippen LogP contribution is 2.49. The fraction of sp³-hybridized carbons (Fsp3) is 0.350. The van der Waals surface area contributed by atoms with E-state index in [0.717, 1.165) is 30.2 Å². The molecule has 1 aliphatic heterocycles. The van der Waals surface area contributed by atoms with E-state index >= 15 is 0 Å². The van der Waals surface area contributed by atoms with Crippen molar-refractivity contribution in [3.05, 3.63) is 60.2 Å². The summed E-state index contributed by atoms with van der Waals surface area (Å²) in [6.07, 6.45) is 0. The molecular weight excluding hydrogens is 300 g/mol. The maximum atomic E-state index is 12.5. The van der Waals surface area contributed by atoms with Crippen molar-refractivity contribution in [3.8, 4) is 11.5 Å². The summed E-state index contributed by atoms with van der Waals surface area (Å²) in [6.45, 7) is 2.65. The highest BCUT2D eigenvalue weighted by Gasteiger charge is 2.57. The Morgan fingerprint density at radius 2 is 1.67 bits per heavy atom. The standard InChI is InChI=1S/C20H22N2O2/c1-22(20(23)19-17-11-21-12-18(17)19)13-14-7-9-16(10-8-14)24-15-5-3-2-4-6-15/h2-10,17-19,21H,11-13H2,1H3/t17-,18+,19?. The normalized spacial score (nSPS) is 24.3. The van der Waals surface area contributed by atoms with Crippen molar-refractivity contribution < 1.29 is 9.53 Å². The first-order valence-corrected chi connectivity index (χ1v) is 8.50. The number of hydrogen-bond acceptors (Lipinski definition) is 3. The van der Waals surface area contributed by atoms with Gasteiger partial charge in [0.2, 0.25) is 5.91 Å². The van der Waals surface area contributed by atoms with Gasteiger partial charge in [0.05, 0.1) is 0 Å². The Kier molecular flexibility index (Phi) is 3.98. The molecule has 1 amide bonds. The minimum atomic E-state index is 0.247. The lowest BCUT2D eigenvalue weighted by atomic mass is 10.2. The monoisotopic (exact) mass is 322 g/mol. The van der Waals surface area contributed by atoms with Crippen molar-refractivity contribution >= 4 is 5.91 Å². The average molecular weight is 322 g/mol. The lowest BCUT2D eigenvalue weighted by molar-refractivity contribution is -0.132. The van der Waals surface area contributed by atoms with Crippen molar-refractivity contribution in [1.82, 2.24) is 10.2 Å². The molecule has 4 heteroatoms. The Morgan fingerprint density at radius 1 is 1.04 bits per heavy atom. The fourth-order valence-electron chi connectivity index (χ4n) is 3.68. The number of benzene rings is 2. The van der Waals surface area contributed by atoms with Gasteiger partial charge in [0.1, 0.15) is 11.5 Å². The second-order valence-electron chi connectivity index (χ2n) is 6.77. The Labute approximate surface area is 142 Å². The summed E-state index contributed by atoms with van der Waals surface area (Å²) in [4.78, 5) is 14.4. The van der Waals surface area contributed by atoms with Crippen LogP contribution in [0.4, 0.5) is 0 Å². The van der Waals surface area contributed by atoms with Gasteiger partial charge in [-0.3, -0.25) is 4.79 Å². The molecule has 0 radical (unpaired) electrons. The molecule has 2 aliphatic rings. The van der Waals surface area contributed by atoms with Gasteiger partial charge in [-0.05, 0) is 54.8 Å². The third-order valence-electron chi connectivity index (χ3n) is 5.08. The van der Waals surface area contributed by atoms with E-state index in [1.165, 1.54) is 0 Å². The second-order valence-corrected chi connectivity index (χ2v) is 6.77. The average Bonchev–Trinajstić information content (AvgIpc) is 3.08. The summed E-state index contributed by atoms with van der Waals surface area (Å²) in [5, 5.41) is 3.34. The molecule has 4 nitrogen and oxygen atoms in total. The lowest BCUT2D eigenvalue weighted by Crippen LogP contribution is -2.31. The van der Waals surface area contributed by atoms with Crippen LogP contribution in [0.5, 0.6) is 11.5 Å². The lowest BCUT2D eigenvalue weighted by Gasteiger charge is -2.18. The number of ether oxygens (including phenoxy) is 1. The minimum Gasteiger partial charge on any atom is -0.457 e. The predicted molar refractivity (Wildman–Crippen MR) is 92.8 cm³/mol. The molecule has 2 aromatic carbocycles. The van der Waals surface area contributed by atoms with E-state index in [4.69, 9.17) is 4.74 Å². The molecule has 0 bridgehead atoms. The van der Waals surface area contributed by atoms with Crippen LogP contribution in [0.2, 0.25) is 0 Å². The number of nitrogens with zero attached hydrogens (tertiary/aromatic N) is 1. The summed E-state index contributed by atoms with van der Waals surface area (Å²) >= 11 is 0. The first-order chi connectivity index (χ1) is 11.7. The fourth-order valence-corrected chi connectivity index (χ4v) is 3.68. The van der Waals surface area contributed by atoms with E-state index in [9.17, 15) is 4.79 Å². The smallest absolute Gasteiger partial charge is 0.226 e. The van der Waals surface area contributed by atoms with Crippen LogP contribution in [-0.2, 0) is 11.3 Å². The van der Waals surface area contributed by atoms with E-state index in [2.05, 4.69) is 5.32 Å². The van der Waals surface area contributed by atoms with E-state index in [-0.39, 0.29) is 11.8 Å². The van der Waals surface area contributed by atoms with Gasteiger partial charge >= 0.3 is 0 Å². The molecule has 4 rings (SSSR count). The largest absolute Gasteiger partial charge is 0.457 e. The number of hydrogen-bond donors (Lipinski definition) is 1. The van der Waals surface area contributed by atoms with E-state index < -0.39 is 0 Å². The summed E-state index contributed by atoms with van der Waals surface area (Å²) in [7, 11) is 1.90. The van der Waals surface area contributed by atoms with Gasteiger partial charge < -0.3 is 15.0 Å². The molecule has 2 fully saturated rings. The first kappa shape index (κ1) is 15.2. The van der Waals surface area contributed by atoms with Crippen molar-refractivity contribution in [3.63, 3.8) is 0 Å². The van der Waals surface area contributed by atoms with Gasteiger partial charge in [0.15, 0.2) is 0 Å². The van der Waals surface area contributed by atoms with Gasteiger partial charge in [-0.25, -0.2) is 0 Å². The first-order valence-electron chi connectivity index (χ1n) is 8.50. The number of fused-ring (bicyclic) bond motifs is 1. The van der Waals surface area contributed by atoms with Gasteiger partial charge in [-0.15, -0.1) is 0 Å². The van der Waals surface area contributed by atoms with Gasteiger partial charge in [0.25, 0.3) is 0 Å². The van der Waals surface area contributed by atoms with Crippen molar-refractivity contribution in [1.29, 1.82) is 0 Å². The summed E-state index contributed by atoms with van der Waals surface area (Å²) in [6, 6.07) is 17.7. The topological polar surface area (TPSA) is 41.6 Å². The molecule has 0 aromatic heterocycles. The third kappa shape index (κ3) is 3.02. The Hall–Kier alpha value is -2.33. The number of carbonyl (C=O) groups is 1.